The molecule has 0 bridgehead atoms. The number of allylic oxidation sites excluding steroid dienone is 3. The highest BCUT2D eigenvalue weighted by atomic mass is 32.4. The van der Waals surface area contributed by atoms with E-state index in [4.69, 9.17) is 23.6 Å². The van der Waals surface area contributed by atoms with E-state index < -0.39 is 25.3 Å². The van der Waals surface area contributed by atoms with Crippen molar-refractivity contribution in [2.24, 2.45) is 0 Å². The SMILES string of the molecule is O=[P+]1C(P(=S)(c2ccccc2)c2ccccc2)=C(c2ccccc2)C=C(c2ccccc2)[C@H]1P(=S)(c1ccccc1)c1ccccc1. The van der Waals surface area contributed by atoms with Gasteiger partial charge < -0.3 is 0 Å². The van der Waals surface area contributed by atoms with Gasteiger partial charge in [-0.2, -0.15) is 0 Å². The molecule has 7 rings (SSSR count). The summed E-state index contributed by atoms with van der Waals surface area (Å²) in [6.07, 6.45) is 2.28. The molecule has 1 aliphatic rings. The highest BCUT2D eigenvalue weighted by Gasteiger charge is 2.56. The molecule has 0 saturated carbocycles. The predicted molar refractivity (Wildman–Crippen MR) is 212 cm³/mol. The van der Waals surface area contributed by atoms with Gasteiger partial charge in [0.25, 0.3) is 0 Å². The molecule has 0 saturated heterocycles. The number of hydrogen-bond acceptors (Lipinski definition) is 3. The molecule has 0 amide bonds. The minimum absolute atomic E-state index is 0.475. The van der Waals surface area contributed by atoms with Crippen molar-refractivity contribution in [2.75, 3.05) is 0 Å². The van der Waals surface area contributed by atoms with Gasteiger partial charge in [-0.05, 0) is 38.4 Å². The zero-order chi connectivity index (χ0) is 32.3. The Balaban J connectivity index is 1.63. The zero-order valence-electron chi connectivity index (χ0n) is 25.5. The monoisotopic (exact) mass is 697 g/mol. The lowest BCUT2D eigenvalue weighted by atomic mass is 10.0. The lowest BCUT2D eigenvalue weighted by Gasteiger charge is -2.33. The Kier molecular flexibility index (Phi) is 9.29. The lowest BCUT2D eigenvalue weighted by molar-refractivity contribution is 0.593. The molecule has 1 nitrogen and oxygen atoms in total. The Bertz CT molecular complexity index is 2100. The summed E-state index contributed by atoms with van der Waals surface area (Å²) in [5.41, 5.74) is 3.99. The van der Waals surface area contributed by atoms with Gasteiger partial charge in [0.2, 0.25) is 10.5 Å². The molecule has 6 aromatic rings. The van der Waals surface area contributed by atoms with Gasteiger partial charge in [-0.3, -0.25) is 0 Å². The Morgan fingerprint density at radius 3 is 1.19 bits per heavy atom. The van der Waals surface area contributed by atoms with E-state index in [0.29, 0.717) is 0 Å². The van der Waals surface area contributed by atoms with Crippen LogP contribution in [0.25, 0.3) is 11.1 Å². The standard InChI is InChI=1S/C41H32OP3S2/c42-43-40(44(46,34-23-11-3-12-24-34)35-25-13-4-14-26-35)38(32-19-7-1-8-20-32)31-39(33-21-9-2-10-22-33)41(43)45(47,36-27-15-5-16-28-36)37-29-17-6-18-30-37/h1-31,40H/q+1/t40-/m1/s1. The molecule has 1 unspecified atom stereocenters. The largest absolute Gasteiger partial charge is 0.393 e. The van der Waals surface area contributed by atoms with Crippen LogP contribution in [-0.4, -0.2) is 5.40 Å². The van der Waals surface area contributed by atoms with Gasteiger partial charge >= 0.3 is 7.80 Å². The number of rotatable bonds is 8. The maximum absolute atomic E-state index is 16.3. The Morgan fingerprint density at radius 1 is 0.447 bits per heavy atom. The van der Waals surface area contributed by atoms with Gasteiger partial charge in [-0.25, -0.2) is 0 Å². The molecular weight excluding hydrogens is 666 g/mol. The van der Waals surface area contributed by atoms with Crippen molar-refractivity contribution in [1.82, 2.24) is 0 Å². The summed E-state index contributed by atoms with van der Waals surface area (Å²) in [6, 6.07) is 56.5. The Hall–Kier alpha value is -3.80. The van der Waals surface area contributed by atoms with Gasteiger partial charge in [0.1, 0.15) is 0 Å². The zero-order valence-corrected chi connectivity index (χ0v) is 29.9. The molecule has 228 valence electrons. The summed E-state index contributed by atoms with van der Waals surface area (Å²) >= 11 is 14.0. The minimum atomic E-state index is -2.83. The van der Waals surface area contributed by atoms with Crippen molar-refractivity contribution < 1.29 is 4.57 Å². The summed E-state index contributed by atoms with van der Waals surface area (Å²) in [6.45, 7) is 0. The van der Waals surface area contributed by atoms with Gasteiger partial charge in [0, 0.05) is 11.1 Å². The molecule has 47 heavy (non-hydrogen) atoms. The summed E-state index contributed by atoms with van der Waals surface area (Å²) < 4.78 is 16.3. The minimum Gasteiger partial charge on any atom is -0.0824 e. The van der Waals surface area contributed by atoms with E-state index in [1.165, 1.54) is 0 Å². The second-order valence-electron chi connectivity index (χ2n) is 11.4. The van der Waals surface area contributed by atoms with Crippen molar-refractivity contribution in [2.45, 2.75) is 5.40 Å². The van der Waals surface area contributed by atoms with E-state index >= 15 is 4.57 Å². The highest BCUT2D eigenvalue weighted by molar-refractivity contribution is 8.28. The molecule has 2 atom stereocenters. The topological polar surface area (TPSA) is 17.1 Å². The molecule has 0 fully saturated rings. The third kappa shape index (κ3) is 5.83. The Morgan fingerprint density at radius 2 is 0.787 bits per heavy atom. The second-order valence-corrected chi connectivity index (χ2v) is 22.7. The van der Waals surface area contributed by atoms with Gasteiger partial charge in [-0.15, -0.1) is 0 Å². The molecule has 6 heteroatoms. The van der Waals surface area contributed by atoms with Crippen LogP contribution in [-0.2, 0) is 28.2 Å². The smallest absolute Gasteiger partial charge is 0.0824 e. The van der Waals surface area contributed by atoms with Crippen molar-refractivity contribution in [3.05, 3.63) is 204 Å². The highest BCUT2D eigenvalue weighted by Crippen LogP contribution is 2.75. The molecule has 0 N–H and O–H groups in total. The molecule has 0 aromatic heterocycles. The van der Waals surface area contributed by atoms with Crippen LogP contribution in [0.4, 0.5) is 0 Å². The van der Waals surface area contributed by atoms with Gasteiger partial charge in [0.05, 0.1) is 12.1 Å². The van der Waals surface area contributed by atoms with Crippen LogP contribution in [0.15, 0.2) is 193 Å². The first kappa shape index (κ1) is 31.8. The third-order valence-electron chi connectivity index (χ3n) is 8.60. The summed E-state index contributed by atoms with van der Waals surface area (Å²) in [5, 5.41) is 4.51. The van der Waals surface area contributed by atoms with E-state index in [-0.39, 0.29) is 0 Å². The summed E-state index contributed by atoms with van der Waals surface area (Å²) in [4.78, 5) is 0. The number of hydrogen-bond donors (Lipinski definition) is 0. The normalized spacial score (nSPS) is 16.0. The van der Waals surface area contributed by atoms with Crippen LogP contribution in [0.1, 0.15) is 11.1 Å². The van der Waals surface area contributed by atoms with E-state index in [0.717, 1.165) is 48.5 Å². The summed E-state index contributed by atoms with van der Waals surface area (Å²) in [5.74, 6) is 0. The van der Waals surface area contributed by atoms with Crippen LogP contribution in [0, 0.1) is 0 Å². The quantitative estimate of drug-likeness (QED) is 0.148. The molecular formula is C41H32OP3S2+. The molecule has 0 radical (unpaired) electrons. The van der Waals surface area contributed by atoms with Gasteiger partial charge in [0.15, 0.2) is 0 Å². The maximum Gasteiger partial charge on any atom is 0.393 e. The first-order valence-corrected chi connectivity index (χ1v) is 22.5. The van der Waals surface area contributed by atoms with Crippen LogP contribution in [0.5, 0.6) is 0 Å². The maximum atomic E-state index is 16.3. The van der Waals surface area contributed by atoms with Crippen molar-refractivity contribution >= 4 is 75.9 Å². The fraction of sp³-hybridized carbons (Fsp3) is 0.0244. The van der Waals surface area contributed by atoms with Crippen molar-refractivity contribution in [3.63, 3.8) is 0 Å². The molecule has 0 spiro atoms. The third-order valence-corrected chi connectivity index (χ3v) is 23.7. The lowest BCUT2D eigenvalue weighted by Crippen LogP contribution is -2.27. The fourth-order valence-electron chi connectivity index (χ4n) is 6.40. The van der Waals surface area contributed by atoms with Crippen LogP contribution in [0.2, 0.25) is 0 Å². The first-order valence-electron chi connectivity index (χ1n) is 15.5. The van der Waals surface area contributed by atoms with E-state index in [2.05, 4.69) is 91.0 Å². The van der Waals surface area contributed by atoms with Crippen LogP contribution < -0.4 is 21.2 Å². The van der Waals surface area contributed by atoms with Crippen molar-refractivity contribution in [3.8, 4) is 0 Å². The first-order chi connectivity index (χ1) is 23.0. The van der Waals surface area contributed by atoms with Crippen molar-refractivity contribution in [1.29, 1.82) is 0 Å². The van der Waals surface area contributed by atoms with Crippen LogP contribution in [0.3, 0.4) is 0 Å². The van der Waals surface area contributed by atoms with E-state index in [9.17, 15) is 0 Å². The molecule has 0 aliphatic carbocycles. The summed E-state index contributed by atoms with van der Waals surface area (Å²) in [7, 11) is -2.16. The predicted octanol–water partition coefficient (Wildman–Crippen LogP) is 9.87. The average molecular weight is 698 g/mol. The molecule has 1 heterocycles. The molecule has 6 aromatic carbocycles. The second kappa shape index (κ2) is 13.7. The fourth-order valence-corrected chi connectivity index (χ4v) is 21.1. The number of benzene rings is 6. The van der Waals surface area contributed by atoms with E-state index in [1.807, 2.05) is 97.1 Å². The average Bonchev–Trinajstić information content (AvgIpc) is 3.16. The van der Waals surface area contributed by atoms with Gasteiger partial charge in [-0.1, -0.05) is 210 Å². The molecule has 1 aliphatic heterocycles. The van der Waals surface area contributed by atoms with Crippen LogP contribution >= 0.6 is 19.9 Å². The van der Waals surface area contributed by atoms with E-state index in [1.54, 1.807) is 0 Å². The Labute approximate surface area is 288 Å².